The minimum absolute atomic E-state index is 0.131. The van der Waals surface area contributed by atoms with Crippen LogP contribution >= 0.6 is 31.9 Å². The average Bonchev–Trinajstić information content (AvgIpc) is 2.80. The van der Waals surface area contributed by atoms with Gasteiger partial charge in [0.25, 0.3) is 12.3 Å². The molecule has 1 heterocycles. The first-order valence-electron chi connectivity index (χ1n) is 6.08. The maximum atomic E-state index is 12.5. The number of nitrogens with zero attached hydrogens (tertiary/aromatic N) is 1. The van der Waals surface area contributed by atoms with Gasteiger partial charge >= 0.3 is 0 Å². The molecule has 0 saturated heterocycles. The molecule has 4 nitrogen and oxygen atoms in total. The van der Waals surface area contributed by atoms with Gasteiger partial charge in [0.15, 0.2) is 0 Å². The maximum absolute atomic E-state index is 12.5. The zero-order chi connectivity index (χ0) is 15.6. The normalized spacial score (nSPS) is 11.3. The van der Waals surface area contributed by atoms with Crippen molar-refractivity contribution >= 4 is 48.7 Å². The summed E-state index contributed by atoms with van der Waals surface area (Å²) in [5.74, 6) is -0.537. The molecule has 0 aliphatic carbocycles. The molecule has 0 saturated carbocycles. The molecule has 1 amide bonds. The summed E-state index contributed by atoms with van der Waals surface area (Å²) < 4.78 is 26.7. The third-order valence-corrected chi connectivity index (χ3v) is 4.81. The SMILES string of the molecule is O=C(c1c[nH]c2cc(Br)c(Br)cc12)N(CCO)CC(F)F. The fraction of sp³-hybridized carbons (Fsp3) is 0.308. The molecule has 114 valence electrons. The van der Waals surface area contributed by atoms with Crippen molar-refractivity contribution in [3.63, 3.8) is 0 Å². The van der Waals surface area contributed by atoms with Gasteiger partial charge < -0.3 is 15.0 Å². The quantitative estimate of drug-likeness (QED) is 0.771. The van der Waals surface area contributed by atoms with Crippen LogP contribution in [0.2, 0.25) is 0 Å². The molecule has 0 spiro atoms. The van der Waals surface area contributed by atoms with E-state index in [9.17, 15) is 13.6 Å². The number of benzene rings is 1. The maximum Gasteiger partial charge on any atom is 0.256 e. The Labute approximate surface area is 136 Å². The molecule has 8 heteroatoms. The van der Waals surface area contributed by atoms with Crippen molar-refractivity contribution in [3.8, 4) is 0 Å². The van der Waals surface area contributed by atoms with Crippen LogP contribution in [0.25, 0.3) is 10.9 Å². The van der Waals surface area contributed by atoms with Gasteiger partial charge in [0, 0.05) is 32.6 Å². The van der Waals surface area contributed by atoms with Crippen molar-refractivity contribution in [2.45, 2.75) is 6.43 Å². The molecular weight excluding hydrogens is 414 g/mol. The lowest BCUT2D eigenvalue weighted by molar-refractivity contribution is 0.0511. The molecule has 0 atom stereocenters. The number of aliphatic hydroxyl groups excluding tert-OH is 1. The first-order valence-corrected chi connectivity index (χ1v) is 7.67. The van der Waals surface area contributed by atoms with E-state index in [1.165, 1.54) is 6.20 Å². The van der Waals surface area contributed by atoms with Crippen LogP contribution < -0.4 is 0 Å². The van der Waals surface area contributed by atoms with Gasteiger partial charge in [0.05, 0.1) is 18.7 Å². The zero-order valence-electron chi connectivity index (χ0n) is 10.7. The lowest BCUT2D eigenvalue weighted by atomic mass is 10.1. The summed E-state index contributed by atoms with van der Waals surface area (Å²) in [6, 6.07) is 3.53. The number of fused-ring (bicyclic) bond motifs is 1. The molecule has 2 N–H and O–H groups in total. The average molecular weight is 426 g/mol. The Hall–Kier alpha value is -0.990. The highest BCUT2D eigenvalue weighted by atomic mass is 79.9. The summed E-state index contributed by atoms with van der Waals surface area (Å²) in [5.41, 5.74) is 1.02. The molecule has 0 fully saturated rings. The monoisotopic (exact) mass is 424 g/mol. The van der Waals surface area contributed by atoms with Crippen LogP contribution in [0, 0.1) is 0 Å². The number of carbonyl (C=O) groups is 1. The largest absolute Gasteiger partial charge is 0.395 e. The number of nitrogens with one attached hydrogen (secondary N) is 1. The minimum Gasteiger partial charge on any atom is -0.395 e. The first kappa shape index (κ1) is 16.4. The number of hydrogen-bond acceptors (Lipinski definition) is 2. The fourth-order valence-corrected chi connectivity index (χ4v) is 2.71. The number of halogens is 4. The van der Waals surface area contributed by atoms with Crippen molar-refractivity contribution in [1.29, 1.82) is 0 Å². The van der Waals surface area contributed by atoms with Crippen molar-refractivity contribution in [2.75, 3.05) is 19.7 Å². The van der Waals surface area contributed by atoms with Crippen LogP contribution in [-0.4, -0.2) is 47.0 Å². The van der Waals surface area contributed by atoms with E-state index in [2.05, 4.69) is 36.8 Å². The predicted octanol–water partition coefficient (Wildman–Crippen LogP) is 3.39. The number of aliphatic hydroxyl groups is 1. The third kappa shape index (κ3) is 3.61. The van der Waals surface area contributed by atoms with Gasteiger partial charge in [0.2, 0.25) is 0 Å². The van der Waals surface area contributed by atoms with E-state index in [1.54, 1.807) is 12.1 Å². The molecule has 1 aromatic carbocycles. The smallest absolute Gasteiger partial charge is 0.256 e. The molecule has 2 rings (SSSR count). The van der Waals surface area contributed by atoms with Gasteiger partial charge in [-0.2, -0.15) is 0 Å². The number of aromatic nitrogens is 1. The second kappa shape index (κ2) is 6.85. The van der Waals surface area contributed by atoms with Gasteiger partial charge in [-0.25, -0.2) is 8.78 Å². The first-order chi connectivity index (χ1) is 9.93. The van der Waals surface area contributed by atoms with Gasteiger partial charge in [0.1, 0.15) is 0 Å². The molecular formula is C13H12Br2F2N2O2. The molecule has 0 bridgehead atoms. The Bertz CT molecular complexity index is 661. The third-order valence-electron chi connectivity index (χ3n) is 2.97. The van der Waals surface area contributed by atoms with Gasteiger partial charge in [-0.05, 0) is 44.0 Å². The van der Waals surface area contributed by atoms with Gasteiger partial charge in [-0.15, -0.1) is 0 Å². The Morgan fingerprint density at radius 1 is 1.33 bits per heavy atom. The van der Waals surface area contributed by atoms with E-state index < -0.39 is 18.9 Å². The van der Waals surface area contributed by atoms with E-state index in [1.807, 2.05) is 0 Å². The standard InChI is InChI=1S/C13H12Br2F2N2O2/c14-9-3-7-8(5-18-11(7)4-10(9)15)13(21)19(1-2-20)6-12(16)17/h3-5,12,18,20H,1-2,6H2. The Morgan fingerprint density at radius 2 is 2.00 bits per heavy atom. The fourth-order valence-electron chi connectivity index (χ4n) is 2.03. The number of H-pyrrole nitrogens is 1. The van der Waals surface area contributed by atoms with Gasteiger partial charge in [-0.3, -0.25) is 4.79 Å². The summed E-state index contributed by atoms with van der Waals surface area (Å²) in [6.45, 7) is -1.20. The lowest BCUT2D eigenvalue weighted by Gasteiger charge is -2.20. The van der Waals surface area contributed by atoms with Crippen molar-refractivity contribution < 1.29 is 18.7 Å². The number of carbonyl (C=O) groups excluding carboxylic acids is 1. The van der Waals surface area contributed by atoms with Crippen molar-refractivity contribution in [2.24, 2.45) is 0 Å². The van der Waals surface area contributed by atoms with Crippen LogP contribution in [0.4, 0.5) is 8.78 Å². The minimum atomic E-state index is -2.65. The Kier molecular flexibility index (Phi) is 5.34. The Balaban J connectivity index is 2.39. The summed E-state index contributed by atoms with van der Waals surface area (Å²) in [5, 5.41) is 9.56. The number of aromatic amines is 1. The van der Waals surface area contributed by atoms with E-state index in [0.717, 1.165) is 19.4 Å². The molecule has 21 heavy (non-hydrogen) atoms. The van der Waals surface area contributed by atoms with E-state index in [0.29, 0.717) is 10.9 Å². The Morgan fingerprint density at radius 3 is 2.62 bits per heavy atom. The van der Waals surface area contributed by atoms with Crippen LogP contribution in [0.5, 0.6) is 0 Å². The van der Waals surface area contributed by atoms with Crippen LogP contribution in [0.3, 0.4) is 0 Å². The summed E-state index contributed by atoms with van der Waals surface area (Å²) >= 11 is 6.70. The van der Waals surface area contributed by atoms with Crippen LogP contribution in [0.1, 0.15) is 10.4 Å². The molecule has 0 unspecified atom stereocenters. The van der Waals surface area contributed by atoms with Crippen LogP contribution in [-0.2, 0) is 0 Å². The van der Waals surface area contributed by atoms with E-state index in [4.69, 9.17) is 5.11 Å². The van der Waals surface area contributed by atoms with E-state index in [-0.39, 0.29) is 13.2 Å². The second-order valence-electron chi connectivity index (χ2n) is 4.38. The lowest BCUT2D eigenvalue weighted by Crippen LogP contribution is -2.37. The second-order valence-corrected chi connectivity index (χ2v) is 6.09. The summed E-state index contributed by atoms with van der Waals surface area (Å²) in [7, 11) is 0. The van der Waals surface area contributed by atoms with Gasteiger partial charge in [-0.1, -0.05) is 0 Å². The van der Waals surface area contributed by atoms with Crippen LogP contribution in [0.15, 0.2) is 27.3 Å². The van der Waals surface area contributed by atoms with Crippen molar-refractivity contribution in [3.05, 3.63) is 32.8 Å². The highest BCUT2D eigenvalue weighted by Gasteiger charge is 2.22. The zero-order valence-corrected chi connectivity index (χ0v) is 13.9. The summed E-state index contributed by atoms with van der Waals surface area (Å²) in [6.07, 6.45) is -1.16. The summed E-state index contributed by atoms with van der Waals surface area (Å²) in [4.78, 5) is 16.3. The predicted molar refractivity (Wildman–Crippen MR) is 82.7 cm³/mol. The number of hydrogen-bond donors (Lipinski definition) is 2. The molecule has 1 aromatic heterocycles. The molecule has 0 aliphatic rings. The van der Waals surface area contributed by atoms with Crippen molar-refractivity contribution in [1.82, 2.24) is 9.88 Å². The molecule has 2 aromatic rings. The topological polar surface area (TPSA) is 56.3 Å². The number of amides is 1. The highest BCUT2D eigenvalue weighted by Crippen LogP contribution is 2.30. The highest BCUT2D eigenvalue weighted by molar-refractivity contribution is 9.13. The number of rotatable bonds is 5. The number of alkyl halides is 2. The molecule has 0 radical (unpaired) electrons. The molecule has 0 aliphatic heterocycles. The van der Waals surface area contributed by atoms with E-state index >= 15 is 0 Å².